The third kappa shape index (κ3) is 4.58. The van der Waals surface area contributed by atoms with Gasteiger partial charge in [0.05, 0.1) is 28.0 Å². The van der Waals surface area contributed by atoms with Crippen molar-refractivity contribution in [3.05, 3.63) is 46.2 Å². The number of fused-ring (bicyclic) bond motifs is 1. The smallest absolute Gasteiger partial charge is 0.368 e. The van der Waals surface area contributed by atoms with Crippen LogP contribution in [0.3, 0.4) is 0 Å². The first-order valence-electron chi connectivity index (χ1n) is 11.3. The third-order valence-electron chi connectivity index (χ3n) is 6.62. The van der Waals surface area contributed by atoms with Crippen LogP contribution < -0.4 is 4.90 Å². The lowest BCUT2D eigenvalue weighted by Gasteiger charge is -2.34. The van der Waals surface area contributed by atoms with E-state index in [1.165, 1.54) is 6.07 Å². The fourth-order valence-corrected chi connectivity index (χ4v) is 5.45. The Morgan fingerprint density at radius 1 is 1.03 bits per heavy atom. The van der Waals surface area contributed by atoms with Gasteiger partial charge in [-0.2, -0.15) is 13.2 Å². The van der Waals surface area contributed by atoms with E-state index in [1.807, 2.05) is 6.20 Å². The van der Waals surface area contributed by atoms with Crippen LogP contribution in [0.15, 0.2) is 30.7 Å². The van der Waals surface area contributed by atoms with E-state index in [4.69, 9.17) is 4.98 Å². The first-order chi connectivity index (χ1) is 16.3. The molecule has 1 amide bonds. The van der Waals surface area contributed by atoms with Gasteiger partial charge in [0.15, 0.2) is 0 Å². The quantitative estimate of drug-likeness (QED) is 0.555. The van der Waals surface area contributed by atoms with Gasteiger partial charge in [0.25, 0.3) is 5.91 Å². The number of piperidine rings is 1. The zero-order chi connectivity index (χ0) is 23.9. The predicted molar refractivity (Wildman–Crippen MR) is 124 cm³/mol. The summed E-state index contributed by atoms with van der Waals surface area (Å²) in [5.41, 5.74) is 3.51. The maximum absolute atomic E-state index is 12.9. The maximum atomic E-state index is 12.9. The number of rotatable bonds is 3. The van der Waals surface area contributed by atoms with Gasteiger partial charge in [-0.3, -0.25) is 9.78 Å². The second-order valence-electron chi connectivity index (χ2n) is 8.84. The summed E-state index contributed by atoms with van der Waals surface area (Å²) in [5, 5.41) is 0. The van der Waals surface area contributed by atoms with Crippen molar-refractivity contribution < 1.29 is 18.0 Å². The second kappa shape index (κ2) is 9.10. The monoisotopic (exact) mass is 490 g/mol. The molecule has 34 heavy (non-hydrogen) atoms. The molecule has 0 aromatic carbocycles. The minimum Gasteiger partial charge on any atom is -0.368 e. The van der Waals surface area contributed by atoms with Crippen molar-refractivity contribution in [1.29, 1.82) is 0 Å². The minimum absolute atomic E-state index is 0.116. The molecule has 0 unspecified atom stereocenters. The number of thiophene rings is 1. The predicted octanol–water partition coefficient (Wildman–Crippen LogP) is 3.88. The average molecular weight is 491 g/mol. The summed E-state index contributed by atoms with van der Waals surface area (Å²) in [6.45, 7) is 4.84. The van der Waals surface area contributed by atoms with Gasteiger partial charge in [-0.05, 0) is 38.1 Å². The van der Waals surface area contributed by atoms with Crippen molar-refractivity contribution in [3.63, 3.8) is 0 Å². The number of anilines is 1. The Labute approximate surface area is 199 Å². The Kier molecular flexibility index (Phi) is 6.15. The number of amides is 1. The van der Waals surface area contributed by atoms with Gasteiger partial charge in [-0.15, -0.1) is 11.3 Å². The van der Waals surface area contributed by atoms with Gasteiger partial charge in [0.2, 0.25) is 0 Å². The minimum atomic E-state index is -4.43. The van der Waals surface area contributed by atoms with E-state index < -0.39 is 11.1 Å². The highest BCUT2D eigenvalue weighted by Gasteiger charge is 2.34. The SMILES string of the molecule is CN1CCN(c2cnc3c(C4CCN(C(=O)c5ccc(C(F)(F)F)s5)CC4)ncnc3c2)CC1. The first kappa shape index (κ1) is 23.0. The second-order valence-corrected chi connectivity index (χ2v) is 9.92. The molecule has 0 spiro atoms. The van der Waals surface area contributed by atoms with Crippen molar-refractivity contribution in [2.75, 3.05) is 51.2 Å². The number of piperazine rings is 1. The molecule has 2 fully saturated rings. The van der Waals surface area contributed by atoms with Crippen molar-refractivity contribution in [3.8, 4) is 0 Å². The Balaban J connectivity index is 1.28. The molecule has 180 valence electrons. The molecule has 5 heterocycles. The topological polar surface area (TPSA) is 65.5 Å². The molecule has 2 aliphatic rings. The molecule has 3 aromatic heterocycles. The van der Waals surface area contributed by atoms with E-state index in [0.29, 0.717) is 37.3 Å². The fraction of sp³-hybridized carbons (Fsp3) is 0.478. The van der Waals surface area contributed by atoms with E-state index in [-0.39, 0.29) is 16.7 Å². The van der Waals surface area contributed by atoms with Crippen LogP contribution in [-0.2, 0) is 6.18 Å². The van der Waals surface area contributed by atoms with Crippen LogP contribution in [0.1, 0.15) is 39.0 Å². The molecule has 0 N–H and O–H groups in total. The first-order valence-corrected chi connectivity index (χ1v) is 12.1. The van der Waals surface area contributed by atoms with Gasteiger partial charge in [0, 0.05) is 45.2 Å². The van der Waals surface area contributed by atoms with Gasteiger partial charge in [-0.25, -0.2) is 9.97 Å². The lowest BCUT2D eigenvalue weighted by molar-refractivity contribution is -0.134. The molecule has 2 saturated heterocycles. The van der Waals surface area contributed by atoms with Crippen molar-refractivity contribution >= 4 is 34.0 Å². The average Bonchev–Trinajstić information content (AvgIpc) is 3.35. The van der Waals surface area contributed by atoms with Crippen molar-refractivity contribution in [2.24, 2.45) is 0 Å². The van der Waals surface area contributed by atoms with E-state index in [2.05, 4.69) is 32.9 Å². The van der Waals surface area contributed by atoms with E-state index in [1.54, 1.807) is 11.2 Å². The van der Waals surface area contributed by atoms with Gasteiger partial charge in [0.1, 0.15) is 16.7 Å². The number of hydrogen-bond donors (Lipinski definition) is 0. The fourth-order valence-electron chi connectivity index (χ4n) is 4.61. The molecule has 11 heteroatoms. The highest BCUT2D eigenvalue weighted by Crippen LogP contribution is 2.36. The number of nitrogens with zero attached hydrogens (tertiary/aromatic N) is 6. The zero-order valence-electron chi connectivity index (χ0n) is 18.8. The standard InChI is InChI=1S/C23H25F3N6OS/c1-30-8-10-31(11-9-30)16-12-17-21(27-13-16)20(29-14-28-17)15-4-6-32(7-5-15)22(33)18-2-3-19(34-18)23(24,25)26/h2-3,12-15H,4-11H2,1H3. The molecule has 5 rings (SSSR count). The number of likely N-dealkylation sites (tertiary alicyclic amines) is 1. The largest absolute Gasteiger partial charge is 0.425 e. The van der Waals surface area contributed by atoms with Crippen LogP contribution in [0.4, 0.5) is 18.9 Å². The number of halogens is 3. The van der Waals surface area contributed by atoms with Crippen molar-refractivity contribution in [1.82, 2.24) is 24.8 Å². The molecule has 0 atom stereocenters. The van der Waals surface area contributed by atoms with E-state index >= 15 is 0 Å². The summed E-state index contributed by atoms with van der Waals surface area (Å²) in [5.74, 6) is -0.230. The van der Waals surface area contributed by atoms with Crippen LogP contribution >= 0.6 is 11.3 Å². The van der Waals surface area contributed by atoms with Crippen LogP contribution in [-0.4, -0.2) is 77.0 Å². The number of pyridine rings is 1. The molecule has 2 aliphatic heterocycles. The van der Waals surface area contributed by atoms with Crippen molar-refractivity contribution in [2.45, 2.75) is 24.9 Å². The molecule has 0 radical (unpaired) electrons. The maximum Gasteiger partial charge on any atom is 0.425 e. The number of carbonyl (C=O) groups excluding carboxylic acids is 1. The normalized spacial score (nSPS) is 18.6. The lowest BCUT2D eigenvalue weighted by atomic mass is 9.92. The van der Waals surface area contributed by atoms with Gasteiger partial charge >= 0.3 is 6.18 Å². The molecule has 3 aromatic rings. The number of aromatic nitrogens is 3. The molecular weight excluding hydrogens is 465 g/mol. The summed E-state index contributed by atoms with van der Waals surface area (Å²) >= 11 is 0.500. The number of likely N-dealkylation sites (N-methyl/N-ethyl adjacent to an activating group) is 1. The van der Waals surface area contributed by atoms with E-state index in [9.17, 15) is 18.0 Å². The highest BCUT2D eigenvalue weighted by atomic mass is 32.1. The molecule has 0 aliphatic carbocycles. The number of hydrogen-bond acceptors (Lipinski definition) is 7. The summed E-state index contributed by atoms with van der Waals surface area (Å²) in [4.78, 5) is 32.0. The van der Waals surface area contributed by atoms with Crippen LogP contribution in [0.2, 0.25) is 0 Å². The van der Waals surface area contributed by atoms with Crippen LogP contribution in [0.5, 0.6) is 0 Å². The summed E-state index contributed by atoms with van der Waals surface area (Å²) in [6, 6.07) is 4.30. The Bertz CT molecular complexity index is 1180. The zero-order valence-corrected chi connectivity index (χ0v) is 19.6. The lowest BCUT2D eigenvalue weighted by Crippen LogP contribution is -2.44. The summed E-state index contributed by atoms with van der Waals surface area (Å²) < 4.78 is 38.6. The summed E-state index contributed by atoms with van der Waals surface area (Å²) in [6.07, 6.45) is 0.374. The third-order valence-corrected chi connectivity index (χ3v) is 7.74. The van der Waals surface area contributed by atoms with Crippen LogP contribution in [0.25, 0.3) is 11.0 Å². The van der Waals surface area contributed by atoms with Crippen LogP contribution in [0, 0.1) is 0 Å². The summed E-state index contributed by atoms with van der Waals surface area (Å²) in [7, 11) is 2.12. The number of alkyl halides is 3. The van der Waals surface area contributed by atoms with Gasteiger partial charge in [-0.1, -0.05) is 0 Å². The van der Waals surface area contributed by atoms with E-state index in [0.717, 1.165) is 54.7 Å². The number of carbonyl (C=O) groups is 1. The highest BCUT2D eigenvalue weighted by molar-refractivity contribution is 7.14. The Morgan fingerprint density at radius 3 is 2.44 bits per heavy atom. The molecule has 0 saturated carbocycles. The Morgan fingerprint density at radius 2 is 1.76 bits per heavy atom. The van der Waals surface area contributed by atoms with Gasteiger partial charge < -0.3 is 14.7 Å². The molecule has 0 bridgehead atoms. The molecular formula is C23H25F3N6OS. The Hall–Kier alpha value is -2.79. The molecule has 7 nitrogen and oxygen atoms in total.